The van der Waals surface area contributed by atoms with Gasteiger partial charge in [0.1, 0.15) is 12.4 Å². The molecule has 7 nitrogen and oxygen atoms in total. The molecule has 0 radical (unpaired) electrons. The summed E-state index contributed by atoms with van der Waals surface area (Å²) in [6.07, 6.45) is 4.69. The first kappa shape index (κ1) is 13.4. The Hall–Kier alpha value is -2.31. The van der Waals surface area contributed by atoms with Gasteiger partial charge in [0.15, 0.2) is 5.69 Å². The number of nitrogens with one attached hydrogen (secondary N) is 1. The van der Waals surface area contributed by atoms with Crippen LogP contribution in [0.15, 0.2) is 12.1 Å². The smallest absolute Gasteiger partial charge is 0.277 e. The van der Waals surface area contributed by atoms with Crippen LogP contribution in [0.5, 0.6) is 5.88 Å². The van der Waals surface area contributed by atoms with Crippen LogP contribution >= 0.6 is 0 Å². The van der Waals surface area contributed by atoms with E-state index in [1.807, 2.05) is 17.7 Å². The van der Waals surface area contributed by atoms with E-state index in [-0.39, 0.29) is 5.91 Å². The van der Waals surface area contributed by atoms with Crippen LogP contribution in [0.4, 0.5) is 5.82 Å². The van der Waals surface area contributed by atoms with Gasteiger partial charge in [-0.05, 0) is 19.8 Å². The highest BCUT2D eigenvalue weighted by atomic mass is 16.5. The maximum Gasteiger partial charge on any atom is 0.277 e. The van der Waals surface area contributed by atoms with Crippen LogP contribution in [0.1, 0.15) is 47.9 Å². The highest BCUT2D eigenvalue weighted by Gasteiger charge is 2.23. The van der Waals surface area contributed by atoms with Crippen LogP contribution in [0, 0.1) is 6.92 Å². The fraction of sp³-hybridized carbons (Fsp3) is 0.533. The number of nitrogens with zero attached hydrogens (tertiary/aromatic N) is 4. The van der Waals surface area contributed by atoms with Gasteiger partial charge in [-0.3, -0.25) is 4.79 Å². The summed E-state index contributed by atoms with van der Waals surface area (Å²) in [5, 5.41) is 11.8. The molecular formula is C15H19N5O2. The standard InChI is InChI=1S/C15H19N5O2/c1-10-8-13(20(17-10)11-4-2-3-5-11)16-15(21)12-9-14-19(18-12)6-7-22-14/h8-9,11H,2-7H2,1H3,(H,16,21). The summed E-state index contributed by atoms with van der Waals surface area (Å²) >= 11 is 0. The van der Waals surface area contributed by atoms with E-state index in [0.29, 0.717) is 30.8 Å². The molecule has 1 fully saturated rings. The van der Waals surface area contributed by atoms with Gasteiger partial charge in [0.2, 0.25) is 5.88 Å². The zero-order valence-electron chi connectivity index (χ0n) is 12.6. The van der Waals surface area contributed by atoms with E-state index in [2.05, 4.69) is 15.5 Å². The first-order chi connectivity index (χ1) is 10.7. The Balaban J connectivity index is 1.56. The Morgan fingerprint density at radius 1 is 1.32 bits per heavy atom. The van der Waals surface area contributed by atoms with E-state index in [1.165, 1.54) is 12.8 Å². The molecule has 1 saturated carbocycles. The topological polar surface area (TPSA) is 74.0 Å². The predicted molar refractivity (Wildman–Crippen MR) is 80.1 cm³/mol. The van der Waals surface area contributed by atoms with E-state index in [0.717, 1.165) is 24.4 Å². The number of amides is 1. The number of hydrogen-bond acceptors (Lipinski definition) is 4. The Bertz CT molecular complexity index is 690. The molecule has 7 heteroatoms. The minimum Gasteiger partial charge on any atom is -0.476 e. The lowest BCUT2D eigenvalue weighted by atomic mass is 10.2. The van der Waals surface area contributed by atoms with Gasteiger partial charge in [0, 0.05) is 12.1 Å². The van der Waals surface area contributed by atoms with Crippen LogP contribution in [0.3, 0.4) is 0 Å². The van der Waals surface area contributed by atoms with E-state index in [1.54, 1.807) is 10.7 Å². The molecule has 0 bridgehead atoms. The minimum atomic E-state index is -0.218. The van der Waals surface area contributed by atoms with Crippen LogP contribution < -0.4 is 10.1 Å². The SMILES string of the molecule is Cc1cc(NC(=O)c2cc3n(n2)CCO3)n(C2CCCC2)n1. The zero-order valence-corrected chi connectivity index (χ0v) is 12.6. The van der Waals surface area contributed by atoms with Crippen molar-refractivity contribution in [1.29, 1.82) is 0 Å². The number of ether oxygens (including phenoxy) is 1. The number of hydrogen-bond donors (Lipinski definition) is 1. The van der Waals surface area contributed by atoms with Crippen molar-refractivity contribution in [3.63, 3.8) is 0 Å². The average Bonchev–Trinajstić information content (AvgIpc) is 3.21. The monoisotopic (exact) mass is 301 g/mol. The lowest BCUT2D eigenvalue weighted by Crippen LogP contribution is -2.18. The molecule has 1 N–H and O–H groups in total. The van der Waals surface area contributed by atoms with Gasteiger partial charge < -0.3 is 10.1 Å². The number of carbonyl (C=O) groups excluding carboxylic acids is 1. The number of aryl methyl sites for hydroxylation is 1. The molecule has 1 amide bonds. The van der Waals surface area contributed by atoms with Crippen molar-refractivity contribution in [2.45, 2.75) is 45.2 Å². The summed E-state index contributed by atoms with van der Waals surface area (Å²) in [6.45, 7) is 3.26. The van der Waals surface area contributed by atoms with E-state index < -0.39 is 0 Å². The molecule has 2 aromatic heterocycles. The molecule has 4 rings (SSSR count). The molecule has 1 aliphatic heterocycles. The molecule has 0 saturated heterocycles. The Labute approximate surface area is 128 Å². The van der Waals surface area contributed by atoms with Crippen molar-refractivity contribution in [1.82, 2.24) is 19.6 Å². The van der Waals surface area contributed by atoms with Gasteiger partial charge in [-0.1, -0.05) is 12.8 Å². The Morgan fingerprint density at radius 2 is 2.14 bits per heavy atom. The second kappa shape index (κ2) is 5.15. The number of fused-ring (bicyclic) bond motifs is 1. The fourth-order valence-electron chi connectivity index (χ4n) is 3.24. The average molecular weight is 301 g/mol. The summed E-state index contributed by atoms with van der Waals surface area (Å²) in [6, 6.07) is 3.99. The van der Waals surface area contributed by atoms with Crippen molar-refractivity contribution in [3.05, 3.63) is 23.5 Å². The maximum absolute atomic E-state index is 12.4. The lowest BCUT2D eigenvalue weighted by Gasteiger charge is -2.14. The third-order valence-electron chi connectivity index (χ3n) is 4.30. The first-order valence-corrected chi connectivity index (χ1v) is 7.79. The van der Waals surface area contributed by atoms with Crippen LogP contribution in [0.25, 0.3) is 0 Å². The van der Waals surface area contributed by atoms with Crippen molar-refractivity contribution in [3.8, 4) is 5.88 Å². The second-order valence-electron chi connectivity index (χ2n) is 5.95. The zero-order chi connectivity index (χ0) is 15.1. The third-order valence-corrected chi connectivity index (χ3v) is 4.30. The van der Waals surface area contributed by atoms with Crippen molar-refractivity contribution < 1.29 is 9.53 Å². The molecule has 116 valence electrons. The molecule has 22 heavy (non-hydrogen) atoms. The van der Waals surface area contributed by atoms with E-state index in [4.69, 9.17) is 4.74 Å². The van der Waals surface area contributed by atoms with Gasteiger partial charge in [-0.25, -0.2) is 9.36 Å². The third kappa shape index (κ3) is 2.26. The van der Waals surface area contributed by atoms with Crippen molar-refractivity contribution >= 4 is 11.7 Å². The molecular weight excluding hydrogens is 282 g/mol. The molecule has 0 spiro atoms. The quantitative estimate of drug-likeness (QED) is 0.942. The number of aromatic nitrogens is 4. The van der Waals surface area contributed by atoms with Gasteiger partial charge in [0.25, 0.3) is 5.91 Å². The van der Waals surface area contributed by atoms with Crippen molar-refractivity contribution in [2.75, 3.05) is 11.9 Å². The molecule has 2 aromatic rings. The highest BCUT2D eigenvalue weighted by Crippen LogP contribution is 2.32. The summed E-state index contributed by atoms with van der Waals surface area (Å²) in [5.41, 5.74) is 1.30. The fourth-order valence-corrected chi connectivity index (χ4v) is 3.24. The molecule has 1 aliphatic carbocycles. The molecule has 0 atom stereocenters. The Morgan fingerprint density at radius 3 is 2.91 bits per heavy atom. The number of carbonyl (C=O) groups is 1. The predicted octanol–water partition coefficient (Wildman–Crippen LogP) is 2.15. The maximum atomic E-state index is 12.4. The van der Waals surface area contributed by atoms with Gasteiger partial charge in [-0.2, -0.15) is 10.2 Å². The van der Waals surface area contributed by atoms with Crippen LogP contribution in [-0.4, -0.2) is 32.1 Å². The van der Waals surface area contributed by atoms with Crippen LogP contribution in [-0.2, 0) is 6.54 Å². The van der Waals surface area contributed by atoms with Crippen LogP contribution in [0.2, 0.25) is 0 Å². The van der Waals surface area contributed by atoms with E-state index >= 15 is 0 Å². The molecule has 0 unspecified atom stereocenters. The van der Waals surface area contributed by atoms with E-state index in [9.17, 15) is 4.79 Å². The minimum absolute atomic E-state index is 0.218. The molecule has 3 heterocycles. The first-order valence-electron chi connectivity index (χ1n) is 7.79. The van der Waals surface area contributed by atoms with Gasteiger partial charge in [-0.15, -0.1) is 0 Å². The largest absolute Gasteiger partial charge is 0.476 e. The summed E-state index contributed by atoms with van der Waals surface area (Å²) in [7, 11) is 0. The normalized spacial score (nSPS) is 17.5. The second-order valence-corrected chi connectivity index (χ2v) is 5.95. The Kier molecular flexibility index (Phi) is 3.13. The molecule has 2 aliphatic rings. The van der Waals surface area contributed by atoms with Crippen molar-refractivity contribution in [2.24, 2.45) is 0 Å². The molecule has 0 aromatic carbocycles. The number of anilines is 1. The number of rotatable bonds is 3. The lowest BCUT2D eigenvalue weighted by molar-refractivity contribution is 0.102. The van der Waals surface area contributed by atoms with Gasteiger partial charge in [0.05, 0.1) is 18.3 Å². The highest BCUT2D eigenvalue weighted by molar-refractivity contribution is 6.02. The summed E-state index contributed by atoms with van der Waals surface area (Å²) < 4.78 is 9.07. The summed E-state index contributed by atoms with van der Waals surface area (Å²) in [4.78, 5) is 12.4. The van der Waals surface area contributed by atoms with Gasteiger partial charge >= 0.3 is 0 Å². The summed E-state index contributed by atoms with van der Waals surface area (Å²) in [5.74, 6) is 1.19.